The minimum absolute atomic E-state index is 0.175. The van der Waals surface area contributed by atoms with Crippen LogP contribution in [0.15, 0.2) is 42.5 Å². The van der Waals surface area contributed by atoms with Crippen molar-refractivity contribution in [1.82, 2.24) is 4.57 Å². The van der Waals surface area contributed by atoms with Crippen molar-refractivity contribution in [3.8, 4) is 0 Å². The first-order chi connectivity index (χ1) is 13.6. The number of anilines is 1. The number of nitrogens with one attached hydrogen (secondary N) is 1. The molecule has 1 aromatic heterocycles. The SMILES string of the molecule is Cc1ccc(Cn2c(CBr)c(C)c3cc(NC(=O)C4CCCC4)ccc32)cc1. The van der Waals surface area contributed by atoms with Gasteiger partial charge in [0.05, 0.1) is 0 Å². The van der Waals surface area contributed by atoms with E-state index in [0.717, 1.165) is 30.4 Å². The van der Waals surface area contributed by atoms with Gasteiger partial charge in [-0.25, -0.2) is 0 Å². The van der Waals surface area contributed by atoms with Crippen LogP contribution in [0.2, 0.25) is 0 Å². The molecule has 3 nitrogen and oxygen atoms in total. The molecule has 3 aromatic rings. The van der Waals surface area contributed by atoms with Gasteiger partial charge in [0.15, 0.2) is 0 Å². The molecule has 0 radical (unpaired) electrons. The number of alkyl halides is 1. The Hall–Kier alpha value is -2.07. The Labute approximate surface area is 175 Å². The highest BCUT2D eigenvalue weighted by atomic mass is 79.9. The molecule has 1 fully saturated rings. The molecule has 2 aromatic carbocycles. The number of hydrogen-bond donors (Lipinski definition) is 1. The Bertz CT molecular complexity index is 998. The number of halogens is 1. The van der Waals surface area contributed by atoms with Crippen LogP contribution in [0, 0.1) is 19.8 Å². The highest BCUT2D eigenvalue weighted by Crippen LogP contribution is 2.31. The molecule has 0 aliphatic heterocycles. The maximum Gasteiger partial charge on any atom is 0.227 e. The van der Waals surface area contributed by atoms with Gasteiger partial charge in [0.1, 0.15) is 0 Å². The number of rotatable bonds is 5. The fourth-order valence-corrected chi connectivity index (χ4v) is 5.04. The van der Waals surface area contributed by atoms with Crippen molar-refractivity contribution >= 4 is 38.4 Å². The van der Waals surface area contributed by atoms with E-state index in [1.807, 2.05) is 6.07 Å². The largest absolute Gasteiger partial charge is 0.339 e. The van der Waals surface area contributed by atoms with E-state index in [4.69, 9.17) is 0 Å². The lowest BCUT2D eigenvalue weighted by Crippen LogP contribution is -2.20. The topological polar surface area (TPSA) is 34.0 Å². The van der Waals surface area contributed by atoms with Crippen LogP contribution in [0.5, 0.6) is 0 Å². The van der Waals surface area contributed by atoms with Gasteiger partial charge in [-0.2, -0.15) is 0 Å². The number of fused-ring (bicyclic) bond motifs is 1. The van der Waals surface area contributed by atoms with Crippen LogP contribution in [0.25, 0.3) is 10.9 Å². The lowest BCUT2D eigenvalue weighted by Gasteiger charge is -2.12. The molecular formula is C24H27BrN2O. The van der Waals surface area contributed by atoms with Crippen molar-refractivity contribution in [2.45, 2.75) is 51.4 Å². The fraction of sp³-hybridized carbons (Fsp3) is 0.375. The number of benzene rings is 2. The van der Waals surface area contributed by atoms with Gasteiger partial charge < -0.3 is 9.88 Å². The van der Waals surface area contributed by atoms with Crippen LogP contribution in [0.3, 0.4) is 0 Å². The normalized spacial score (nSPS) is 14.7. The van der Waals surface area contributed by atoms with Crippen LogP contribution in [-0.4, -0.2) is 10.5 Å². The van der Waals surface area contributed by atoms with Crippen molar-refractivity contribution in [2.75, 3.05) is 5.32 Å². The minimum atomic E-state index is 0.175. The monoisotopic (exact) mass is 438 g/mol. The Morgan fingerprint density at radius 1 is 1.11 bits per heavy atom. The third kappa shape index (κ3) is 3.75. The molecule has 4 rings (SSSR count). The molecule has 1 heterocycles. The second-order valence-corrected chi connectivity index (χ2v) is 8.54. The summed E-state index contributed by atoms with van der Waals surface area (Å²) in [7, 11) is 0. The van der Waals surface area contributed by atoms with Gasteiger partial charge in [0.25, 0.3) is 0 Å². The van der Waals surface area contributed by atoms with E-state index in [2.05, 4.69) is 76.1 Å². The summed E-state index contributed by atoms with van der Waals surface area (Å²) in [5, 5.41) is 5.17. The first-order valence-electron chi connectivity index (χ1n) is 10.1. The van der Waals surface area contributed by atoms with Crippen molar-refractivity contribution in [1.29, 1.82) is 0 Å². The number of amides is 1. The number of aromatic nitrogens is 1. The van der Waals surface area contributed by atoms with Gasteiger partial charge >= 0.3 is 0 Å². The second kappa shape index (κ2) is 8.12. The van der Waals surface area contributed by atoms with E-state index in [1.165, 1.54) is 46.1 Å². The molecule has 0 atom stereocenters. The minimum Gasteiger partial charge on any atom is -0.339 e. The number of carbonyl (C=O) groups excluding carboxylic acids is 1. The first-order valence-corrected chi connectivity index (χ1v) is 11.2. The zero-order valence-electron chi connectivity index (χ0n) is 16.6. The average molecular weight is 439 g/mol. The van der Waals surface area contributed by atoms with Crippen LogP contribution in [0.1, 0.15) is 48.1 Å². The highest BCUT2D eigenvalue weighted by molar-refractivity contribution is 9.08. The molecular weight excluding hydrogens is 412 g/mol. The number of hydrogen-bond acceptors (Lipinski definition) is 1. The lowest BCUT2D eigenvalue weighted by molar-refractivity contribution is -0.119. The zero-order valence-corrected chi connectivity index (χ0v) is 18.2. The second-order valence-electron chi connectivity index (χ2n) is 7.98. The summed E-state index contributed by atoms with van der Waals surface area (Å²) in [5.74, 6) is 0.357. The predicted octanol–water partition coefficient (Wildman–Crippen LogP) is 6.33. The molecule has 1 aliphatic rings. The molecule has 1 amide bonds. The fourth-order valence-electron chi connectivity index (χ4n) is 4.31. The average Bonchev–Trinajstić information content (AvgIpc) is 3.31. The van der Waals surface area contributed by atoms with E-state index in [9.17, 15) is 4.79 Å². The third-order valence-corrected chi connectivity index (χ3v) is 6.56. The van der Waals surface area contributed by atoms with Crippen LogP contribution < -0.4 is 5.32 Å². The van der Waals surface area contributed by atoms with Gasteiger partial charge in [-0.3, -0.25) is 4.79 Å². The molecule has 0 saturated heterocycles. The Morgan fingerprint density at radius 2 is 1.82 bits per heavy atom. The summed E-state index contributed by atoms with van der Waals surface area (Å²) in [6.07, 6.45) is 4.39. The highest BCUT2D eigenvalue weighted by Gasteiger charge is 2.23. The van der Waals surface area contributed by atoms with Gasteiger partial charge in [-0.05, 0) is 56.0 Å². The standard InChI is InChI=1S/C24H27BrN2O/c1-16-7-9-18(10-8-16)15-27-22-12-11-20(13-21(22)17(2)23(27)14-25)26-24(28)19-5-3-4-6-19/h7-13,19H,3-6,14-15H2,1-2H3,(H,26,28). The summed E-state index contributed by atoms with van der Waals surface area (Å²) in [4.78, 5) is 12.5. The van der Waals surface area contributed by atoms with E-state index >= 15 is 0 Å². The maximum atomic E-state index is 12.5. The summed E-state index contributed by atoms with van der Waals surface area (Å²) >= 11 is 3.68. The van der Waals surface area contributed by atoms with E-state index in [1.54, 1.807) is 0 Å². The van der Waals surface area contributed by atoms with E-state index in [0.29, 0.717) is 0 Å². The van der Waals surface area contributed by atoms with Crippen molar-refractivity contribution in [2.24, 2.45) is 5.92 Å². The van der Waals surface area contributed by atoms with Crippen molar-refractivity contribution in [3.63, 3.8) is 0 Å². The number of nitrogens with zero attached hydrogens (tertiary/aromatic N) is 1. The molecule has 0 spiro atoms. The van der Waals surface area contributed by atoms with E-state index in [-0.39, 0.29) is 11.8 Å². The molecule has 1 N–H and O–H groups in total. The van der Waals surface area contributed by atoms with Gasteiger partial charge in [0.2, 0.25) is 5.91 Å². The van der Waals surface area contributed by atoms with E-state index < -0.39 is 0 Å². The van der Waals surface area contributed by atoms with Gasteiger partial charge in [0, 0.05) is 40.1 Å². The first kappa shape index (κ1) is 19.3. The zero-order chi connectivity index (χ0) is 19.7. The Balaban J connectivity index is 1.66. The molecule has 0 bridgehead atoms. The van der Waals surface area contributed by atoms with Crippen molar-refractivity contribution < 1.29 is 4.79 Å². The summed E-state index contributed by atoms with van der Waals surface area (Å²) in [5.41, 5.74) is 7.25. The molecule has 1 saturated carbocycles. The van der Waals surface area contributed by atoms with Crippen LogP contribution in [0.4, 0.5) is 5.69 Å². The summed E-state index contributed by atoms with van der Waals surface area (Å²) in [6.45, 7) is 5.14. The predicted molar refractivity (Wildman–Crippen MR) is 120 cm³/mol. The van der Waals surface area contributed by atoms with Crippen molar-refractivity contribution in [3.05, 3.63) is 64.8 Å². The van der Waals surface area contributed by atoms with Gasteiger partial charge in [-0.1, -0.05) is 58.6 Å². The maximum absolute atomic E-state index is 12.5. The molecule has 146 valence electrons. The molecule has 28 heavy (non-hydrogen) atoms. The molecule has 1 aliphatic carbocycles. The quantitative estimate of drug-likeness (QED) is 0.463. The number of carbonyl (C=O) groups is 1. The molecule has 0 unspecified atom stereocenters. The van der Waals surface area contributed by atoms with Crippen LogP contribution >= 0.6 is 15.9 Å². The Morgan fingerprint density at radius 3 is 2.50 bits per heavy atom. The smallest absolute Gasteiger partial charge is 0.227 e. The third-order valence-electron chi connectivity index (χ3n) is 6.03. The Kier molecular flexibility index (Phi) is 5.58. The summed E-state index contributed by atoms with van der Waals surface area (Å²) < 4.78 is 2.38. The lowest BCUT2D eigenvalue weighted by atomic mass is 10.1. The number of aryl methyl sites for hydroxylation is 2. The van der Waals surface area contributed by atoms with Crippen LogP contribution in [-0.2, 0) is 16.7 Å². The van der Waals surface area contributed by atoms with Gasteiger partial charge in [-0.15, -0.1) is 0 Å². The molecule has 4 heteroatoms. The summed E-state index contributed by atoms with van der Waals surface area (Å²) in [6, 6.07) is 15.0.